The number of para-hydroxylation sites is 1. The summed E-state index contributed by atoms with van der Waals surface area (Å²) >= 11 is 0. The lowest BCUT2D eigenvalue weighted by Gasteiger charge is -2.27. The van der Waals surface area contributed by atoms with Crippen molar-refractivity contribution >= 4 is 21.6 Å². The van der Waals surface area contributed by atoms with Gasteiger partial charge in [0.25, 0.3) is 0 Å². The number of hydrogen-bond donors (Lipinski definition) is 1. The van der Waals surface area contributed by atoms with Gasteiger partial charge >= 0.3 is 0 Å². The number of aryl methyl sites for hydroxylation is 2. The summed E-state index contributed by atoms with van der Waals surface area (Å²) in [6, 6.07) is 12.9. The summed E-state index contributed by atoms with van der Waals surface area (Å²) in [6.07, 6.45) is 1.86. The Morgan fingerprint density at radius 2 is 1.63 bits per heavy atom. The van der Waals surface area contributed by atoms with Gasteiger partial charge < -0.3 is 10.1 Å². The van der Waals surface area contributed by atoms with E-state index in [0.717, 1.165) is 35.1 Å². The van der Waals surface area contributed by atoms with Crippen LogP contribution in [0.5, 0.6) is 5.75 Å². The molecule has 164 valence electrons. The first-order valence-electron chi connectivity index (χ1n) is 10.00. The van der Waals surface area contributed by atoms with Crippen LogP contribution in [-0.2, 0) is 14.8 Å². The highest BCUT2D eigenvalue weighted by Crippen LogP contribution is 2.27. The minimum absolute atomic E-state index is 0.220. The number of methoxy groups -OCH3 is 1. The van der Waals surface area contributed by atoms with Crippen LogP contribution in [0.15, 0.2) is 42.5 Å². The molecular formula is C23H32N2O4S. The van der Waals surface area contributed by atoms with Gasteiger partial charge in [-0.15, -0.1) is 0 Å². The Kier molecular flexibility index (Phi) is 7.89. The fourth-order valence-corrected chi connectivity index (χ4v) is 4.49. The molecule has 0 bridgehead atoms. The van der Waals surface area contributed by atoms with E-state index in [2.05, 4.69) is 19.2 Å². The molecule has 0 aliphatic rings. The summed E-state index contributed by atoms with van der Waals surface area (Å²) in [5, 5.41) is 3.03. The van der Waals surface area contributed by atoms with E-state index >= 15 is 0 Å². The Morgan fingerprint density at radius 3 is 2.10 bits per heavy atom. The second-order valence-electron chi connectivity index (χ2n) is 8.03. The number of amides is 1. The van der Waals surface area contributed by atoms with Gasteiger partial charge in [0.1, 0.15) is 12.3 Å². The number of sulfonamides is 1. The highest BCUT2D eigenvalue weighted by molar-refractivity contribution is 7.92. The third kappa shape index (κ3) is 6.23. The average Bonchev–Trinajstić information content (AvgIpc) is 2.65. The van der Waals surface area contributed by atoms with Gasteiger partial charge in [0.2, 0.25) is 15.9 Å². The Hall–Kier alpha value is -2.54. The van der Waals surface area contributed by atoms with Gasteiger partial charge in [-0.2, -0.15) is 0 Å². The molecule has 1 N–H and O–H groups in total. The molecular weight excluding hydrogens is 400 g/mol. The molecule has 6 nitrogen and oxygen atoms in total. The maximum Gasteiger partial charge on any atom is 0.241 e. The normalized spacial score (nSPS) is 12.5. The molecule has 2 rings (SSSR count). The van der Waals surface area contributed by atoms with Crippen molar-refractivity contribution in [1.82, 2.24) is 5.32 Å². The van der Waals surface area contributed by atoms with Gasteiger partial charge in [0, 0.05) is 0 Å². The Bertz CT molecular complexity index is 949. The van der Waals surface area contributed by atoms with Gasteiger partial charge in [-0.3, -0.25) is 9.10 Å². The van der Waals surface area contributed by atoms with Crippen molar-refractivity contribution in [2.75, 3.05) is 24.2 Å². The van der Waals surface area contributed by atoms with E-state index in [9.17, 15) is 13.2 Å². The third-order valence-electron chi connectivity index (χ3n) is 4.94. The summed E-state index contributed by atoms with van der Waals surface area (Å²) in [6.45, 7) is 7.59. The second kappa shape index (κ2) is 9.98. The average molecular weight is 433 g/mol. The SMILES string of the molecule is COc1ccc(C(CC(C)C)NC(=O)CN(c2c(C)cccc2C)S(C)(=O)=O)cc1. The molecule has 0 saturated heterocycles. The molecule has 0 heterocycles. The number of anilines is 1. The Balaban J connectivity index is 2.28. The van der Waals surface area contributed by atoms with Gasteiger partial charge in [-0.05, 0) is 55.0 Å². The molecule has 1 amide bonds. The van der Waals surface area contributed by atoms with Crippen molar-refractivity contribution < 1.29 is 17.9 Å². The van der Waals surface area contributed by atoms with Crippen LogP contribution in [0.4, 0.5) is 5.69 Å². The highest BCUT2D eigenvalue weighted by Gasteiger charge is 2.25. The van der Waals surface area contributed by atoms with Crippen LogP contribution >= 0.6 is 0 Å². The predicted molar refractivity (Wildman–Crippen MR) is 121 cm³/mol. The number of ether oxygens (including phenoxy) is 1. The summed E-state index contributed by atoms with van der Waals surface area (Å²) in [5.74, 6) is 0.748. The molecule has 0 spiro atoms. The van der Waals surface area contributed by atoms with Crippen LogP contribution in [0.2, 0.25) is 0 Å². The van der Waals surface area contributed by atoms with Gasteiger partial charge in [-0.1, -0.05) is 44.2 Å². The molecule has 7 heteroatoms. The van der Waals surface area contributed by atoms with E-state index in [1.54, 1.807) is 7.11 Å². The standard InChI is InChI=1S/C23H32N2O4S/c1-16(2)14-21(19-10-12-20(29-5)13-11-19)24-22(26)15-25(30(6,27)28)23-17(3)8-7-9-18(23)4/h7-13,16,21H,14-15H2,1-6H3,(H,24,26). The summed E-state index contributed by atoms with van der Waals surface area (Å²) in [5.41, 5.74) is 3.13. The van der Waals surface area contributed by atoms with Crippen molar-refractivity contribution in [3.8, 4) is 5.75 Å². The van der Waals surface area contributed by atoms with Crippen molar-refractivity contribution in [3.63, 3.8) is 0 Å². The monoisotopic (exact) mass is 432 g/mol. The molecule has 0 saturated carbocycles. The summed E-state index contributed by atoms with van der Waals surface area (Å²) in [4.78, 5) is 12.9. The lowest BCUT2D eigenvalue weighted by molar-refractivity contribution is -0.120. The first kappa shape index (κ1) is 23.7. The Morgan fingerprint density at radius 1 is 1.07 bits per heavy atom. The van der Waals surface area contributed by atoms with E-state index in [-0.39, 0.29) is 18.5 Å². The number of hydrogen-bond acceptors (Lipinski definition) is 4. The zero-order valence-corrected chi connectivity index (χ0v) is 19.4. The quantitative estimate of drug-likeness (QED) is 0.650. The zero-order chi connectivity index (χ0) is 22.5. The van der Waals surface area contributed by atoms with E-state index in [1.165, 1.54) is 4.31 Å². The number of nitrogens with zero attached hydrogens (tertiary/aromatic N) is 1. The van der Waals surface area contributed by atoms with Gasteiger partial charge in [0.15, 0.2) is 0 Å². The van der Waals surface area contributed by atoms with Crippen LogP contribution in [0.3, 0.4) is 0 Å². The van der Waals surface area contributed by atoms with E-state index in [4.69, 9.17) is 4.74 Å². The van der Waals surface area contributed by atoms with Crippen molar-refractivity contribution in [3.05, 3.63) is 59.2 Å². The number of nitrogens with one attached hydrogen (secondary N) is 1. The van der Waals surface area contributed by atoms with Crippen LogP contribution in [0.25, 0.3) is 0 Å². The van der Waals surface area contributed by atoms with Crippen LogP contribution < -0.4 is 14.4 Å². The number of carbonyl (C=O) groups excluding carboxylic acids is 1. The number of rotatable bonds is 9. The highest BCUT2D eigenvalue weighted by atomic mass is 32.2. The minimum atomic E-state index is -3.63. The maximum absolute atomic E-state index is 12.9. The summed E-state index contributed by atoms with van der Waals surface area (Å²) in [7, 11) is -2.03. The molecule has 2 aromatic carbocycles. The topological polar surface area (TPSA) is 75.7 Å². The first-order valence-corrected chi connectivity index (χ1v) is 11.8. The van der Waals surface area contributed by atoms with E-state index < -0.39 is 10.0 Å². The molecule has 1 unspecified atom stereocenters. The molecule has 30 heavy (non-hydrogen) atoms. The second-order valence-corrected chi connectivity index (χ2v) is 9.94. The van der Waals surface area contributed by atoms with Crippen molar-refractivity contribution in [2.45, 2.75) is 40.2 Å². The molecule has 0 aliphatic carbocycles. The minimum Gasteiger partial charge on any atom is -0.497 e. The fourth-order valence-electron chi connectivity index (χ4n) is 3.52. The van der Waals surface area contributed by atoms with E-state index in [0.29, 0.717) is 11.6 Å². The predicted octanol–water partition coefficient (Wildman–Crippen LogP) is 3.98. The lowest BCUT2D eigenvalue weighted by atomic mass is 9.97. The van der Waals surface area contributed by atoms with Crippen molar-refractivity contribution in [1.29, 1.82) is 0 Å². The van der Waals surface area contributed by atoms with Gasteiger partial charge in [-0.25, -0.2) is 8.42 Å². The molecule has 0 aliphatic heterocycles. The van der Waals surface area contributed by atoms with E-state index in [1.807, 2.05) is 56.3 Å². The fraction of sp³-hybridized carbons (Fsp3) is 0.435. The number of carbonyl (C=O) groups is 1. The number of benzene rings is 2. The first-order chi connectivity index (χ1) is 14.0. The van der Waals surface area contributed by atoms with Gasteiger partial charge in [0.05, 0.1) is 25.1 Å². The van der Waals surface area contributed by atoms with Crippen LogP contribution in [0.1, 0.15) is 43.0 Å². The third-order valence-corrected chi connectivity index (χ3v) is 6.05. The molecule has 2 aromatic rings. The lowest BCUT2D eigenvalue weighted by Crippen LogP contribution is -2.42. The summed E-state index contributed by atoms with van der Waals surface area (Å²) < 4.78 is 31.4. The molecule has 0 aromatic heterocycles. The molecule has 1 atom stereocenters. The van der Waals surface area contributed by atoms with Crippen LogP contribution in [0, 0.1) is 19.8 Å². The smallest absolute Gasteiger partial charge is 0.241 e. The maximum atomic E-state index is 12.9. The zero-order valence-electron chi connectivity index (χ0n) is 18.6. The Labute approximate surface area is 180 Å². The molecule has 0 radical (unpaired) electrons. The van der Waals surface area contributed by atoms with Crippen molar-refractivity contribution in [2.24, 2.45) is 5.92 Å². The van der Waals surface area contributed by atoms with Crippen LogP contribution in [-0.4, -0.2) is 34.2 Å². The molecule has 0 fully saturated rings. The largest absolute Gasteiger partial charge is 0.497 e.